The summed E-state index contributed by atoms with van der Waals surface area (Å²) < 4.78 is 5.26. The molecule has 0 atom stereocenters. The number of amides is 1. The number of benzene rings is 2. The van der Waals surface area contributed by atoms with Gasteiger partial charge in [0.1, 0.15) is 0 Å². The number of carbonyl (C=O) groups excluding carboxylic acids is 1. The number of oxazole rings is 1. The van der Waals surface area contributed by atoms with Gasteiger partial charge in [-0.25, -0.2) is 4.98 Å². The summed E-state index contributed by atoms with van der Waals surface area (Å²) in [6, 6.07) is 15.8. The highest BCUT2D eigenvalue weighted by molar-refractivity contribution is 6.04. The molecule has 3 aromatic rings. The Bertz CT molecular complexity index is 865. The molecule has 2 aromatic carbocycles. The Labute approximate surface area is 158 Å². The van der Waals surface area contributed by atoms with Gasteiger partial charge in [-0.15, -0.1) is 0 Å². The van der Waals surface area contributed by atoms with E-state index in [0.29, 0.717) is 17.4 Å². The van der Waals surface area contributed by atoms with Crippen molar-refractivity contribution in [3.8, 4) is 11.3 Å². The molecule has 2 N–H and O–H groups in total. The smallest absolute Gasteiger partial charge is 0.255 e. The molecule has 1 aromatic heterocycles. The number of rotatable bonds is 5. The molecule has 0 radical (unpaired) electrons. The predicted octanol–water partition coefficient (Wildman–Crippen LogP) is 5.34. The molecule has 27 heavy (non-hydrogen) atoms. The first-order valence-corrected chi connectivity index (χ1v) is 9.45. The van der Waals surface area contributed by atoms with Crippen LogP contribution >= 0.6 is 0 Å². The topological polar surface area (TPSA) is 67.2 Å². The molecule has 1 aliphatic carbocycles. The lowest BCUT2D eigenvalue weighted by Gasteiger charge is -2.23. The fourth-order valence-electron chi connectivity index (χ4n) is 3.48. The van der Waals surface area contributed by atoms with Crippen LogP contribution in [0.25, 0.3) is 11.3 Å². The fraction of sp³-hybridized carbons (Fsp3) is 0.273. The molecule has 1 amide bonds. The molecule has 4 rings (SSSR count). The van der Waals surface area contributed by atoms with Crippen molar-refractivity contribution in [1.82, 2.24) is 4.98 Å². The molecule has 0 aliphatic heterocycles. The van der Waals surface area contributed by atoms with E-state index < -0.39 is 0 Å². The van der Waals surface area contributed by atoms with Crippen LogP contribution in [0.1, 0.15) is 42.5 Å². The van der Waals surface area contributed by atoms with Gasteiger partial charge < -0.3 is 15.1 Å². The summed E-state index contributed by atoms with van der Waals surface area (Å²) in [6.45, 7) is 0. The van der Waals surface area contributed by atoms with Crippen LogP contribution in [0, 0.1) is 0 Å². The van der Waals surface area contributed by atoms with Crippen LogP contribution in [-0.4, -0.2) is 16.9 Å². The number of nitrogens with one attached hydrogen (secondary N) is 2. The quantitative estimate of drug-likeness (QED) is 0.644. The van der Waals surface area contributed by atoms with Crippen molar-refractivity contribution >= 4 is 17.3 Å². The maximum Gasteiger partial charge on any atom is 0.255 e. The Morgan fingerprint density at radius 3 is 2.30 bits per heavy atom. The minimum Gasteiger partial charge on any atom is -0.444 e. The molecule has 0 spiro atoms. The second-order valence-corrected chi connectivity index (χ2v) is 6.95. The van der Waals surface area contributed by atoms with Gasteiger partial charge in [0.15, 0.2) is 12.2 Å². The first kappa shape index (κ1) is 17.3. The number of nitrogens with zero attached hydrogens (tertiary/aromatic N) is 1. The Morgan fingerprint density at radius 2 is 1.63 bits per heavy atom. The van der Waals surface area contributed by atoms with E-state index in [2.05, 4.69) is 15.6 Å². The zero-order valence-electron chi connectivity index (χ0n) is 15.2. The summed E-state index contributed by atoms with van der Waals surface area (Å²) >= 11 is 0. The van der Waals surface area contributed by atoms with Gasteiger partial charge in [0, 0.05) is 28.5 Å². The van der Waals surface area contributed by atoms with E-state index in [9.17, 15) is 4.79 Å². The first-order chi connectivity index (χ1) is 13.3. The minimum atomic E-state index is -0.132. The summed E-state index contributed by atoms with van der Waals surface area (Å²) in [5, 5.41) is 6.53. The van der Waals surface area contributed by atoms with Crippen molar-refractivity contribution < 1.29 is 9.21 Å². The predicted molar refractivity (Wildman–Crippen MR) is 107 cm³/mol. The van der Waals surface area contributed by atoms with Gasteiger partial charge in [-0.1, -0.05) is 31.4 Å². The van der Waals surface area contributed by atoms with Crippen LogP contribution in [-0.2, 0) is 0 Å². The lowest BCUT2D eigenvalue weighted by molar-refractivity contribution is 0.102. The molecule has 138 valence electrons. The summed E-state index contributed by atoms with van der Waals surface area (Å²) in [5.74, 6) is 0.551. The molecule has 5 nitrogen and oxygen atoms in total. The van der Waals surface area contributed by atoms with Crippen LogP contribution < -0.4 is 10.6 Å². The summed E-state index contributed by atoms with van der Waals surface area (Å²) in [7, 11) is 0. The van der Waals surface area contributed by atoms with Gasteiger partial charge in [-0.2, -0.15) is 0 Å². The highest BCUT2D eigenvalue weighted by Gasteiger charge is 2.13. The van der Waals surface area contributed by atoms with Gasteiger partial charge in [0.2, 0.25) is 0 Å². The number of aromatic nitrogens is 1. The van der Waals surface area contributed by atoms with Gasteiger partial charge in [0.05, 0.1) is 6.20 Å². The third-order valence-electron chi connectivity index (χ3n) is 4.98. The van der Waals surface area contributed by atoms with E-state index >= 15 is 0 Å². The van der Waals surface area contributed by atoms with Crippen molar-refractivity contribution in [2.45, 2.75) is 38.1 Å². The highest BCUT2D eigenvalue weighted by atomic mass is 16.3. The number of hydrogen-bond donors (Lipinski definition) is 2. The monoisotopic (exact) mass is 361 g/mol. The van der Waals surface area contributed by atoms with Crippen molar-refractivity contribution in [1.29, 1.82) is 0 Å². The van der Waals surface area contributed by atoms with Gasteiger partial charge in [-0.05, 0) is 49.2 Å². The molecule has 0 unspecified atom stereocenters. The van der Waals surface area contributed by atoms with Crippen LogP contribution in [0.15, 0.2) is 65.5 Å². The fourth-order valence-corrected chi connectivity index (χ4v) is 3.48. The number of carbonyl (C=O) groups is 1. The summed E-state index contributed by atoms with van der Waals surface area (Å²) in [6.07, 6.45) is 9.48. The Hall–Kier alpha value is -3.08. The molecular weight excluding hydrogens is 338 g/mol. The number of hydrogen-bond acceptors (Lipinski definition) is 4. The van der Waals surface area contributed by atoms with E-state index in [1.807, 2.05) is 36.4 Å². The van der Waals surface area contributed by atoms with E-state index in [1.54, 1.807) is 18.3 Å². The highest BCUT2D eigenvalue weighted by Crippen LogP contribution is 2.23. The number of anilines is 2. The second-order valence-electron chi connectivity index (χ2n) is 6.95. The molecule has 1 heterocycles. The van der Waals surface area contributed by atoms with Gasteiger partial charge in [0.25, 0.3) is 5.91 Å². The minimum absolute atomic E-state index is 0.132. The average molecular weight is 361 g/mol. The maximum atomic E-state index is 12.5. The lowest BCUT2D eigenvalue weighted by Crippen LogP contribution is -2.22. The van der Waals surface area contributed by atoms with Crippen molar-refractivity contribution in [3.63, 3.8) is 0 Å². The Balaban J connectivity index is 1.36. The normalized spacial score (nSPS) is 14.7. The van der Waals surface area contributed by atoms with Crippen LogP contribution in [0.5, 0.6) is 0 Å². The SMILES string of the molecule is O=C(Nc1ccc(NC2CCCCC2)cc1)c1ccc(-c2cnco2)cc1. The maximum absolute atomic E-state index is 12.5. The molecule has 0 saturated heterocycles. The van der Waals surface area contributed by atoms with Gasteiger partial charge in [-0.3, -0.25) is 4.79 Å². The average Bonchev–Trinajstić information content (AvgIpc) is 3.25. The van der Waals surface area contributed by atoms with Crippen LogP contribution in [0.4, 0.5) is 11.4 Å². The molecule has 5 heteroatoms. The Kier molecular flexibility index (Phi) is 5.19. The zero-order valence-corrected chi connectivity index (χ0v) is 15.2. The zero-order chi connectivity index (χ0) is 18.5. The molecule has 1 aliphatic rings. The van der Waals surface area contributed by atoms with Gasteiger partial charge >= 0.3 is 0 Å². The van der Waals surface area contributed by atoms with Crippen LogP contribution in [0.3, 0.4) is 0 Å². The standard InChI is InChI=1S/C22H23N3O2/c26-22(17-8-6-16(7-9-17)21-14-23-15-27-21)25-20-12-10-19(11-13-20)24-18-4-2-1-3-5-18/h6-15,18,24H,1-5H2,(H,25,26). The molecule has 1 saturated carbocycles. The Morgan fingerprint density at radius 1 is 0.926 bits per heavy atom. The third-order valence-corrected chi connectivity index (χ3v) is 4.98. The van der Waals surface area contributed by atoms with E-state index in [0.717, 1.165) is 16.9 Å². The molecule has 1 fully saturated rings. The summed E-state index contributed by atoms with van der Waals surface area (Å²) in [4.78, 5) is 16.4. The largest absolute Gasteiger partial charge is 0.444 e. The van der Waals surface area contributed by atoms with E-state index in [-0.39, 0.29) is 5.91 Å². The summed E-state index contributed by atoms with van der Waals surface area (Å²) in [5.41, 5.74) is 3.38. The van der Waals surface area contributed by atoms with E-state index in [4.69, 9.17) is 4.42 Å². The van der Waals surface area contributed by atoms with Crippen molar-refractivity contribution in [2.24, 2.45) is 0 Å². The lowest BCUT2D eigenvalue weighted by atomic mass is 9.95. The first-order valence-electron chi connectivity index (χ1n) is 9.45. The van der Waals surface area contributed by atoms with Crippen LogP contribution in [0.2, 0.25) is 0 Å². The van der Waals surface area contributed by atoms with E-state index in [1.165, 1.54) is 38.5 Å². The second kappa shape index (κ2) is 8.08. The van der Waals surface area contributed by atoms with Crippen molar-refractivity contribution in [2.75, 3.05) is 10.6 Å². The molecule has 0 bridgehead atoms. The van der Waals surface area contributed by atoms with Crippen molar-refractivity contribution in [3.05, 3.63) is 66.7 Å². The molecular formula is C22H23N3O2. The third kappa shape index (κ3) is 4.37.